The zero-order valence-corrected chi connectivity index (χ0v) is 9.52. The SMILES string of the molecule is CC(Nc1nccs1)C1CCCCC1. The van der Waals surface area contributed by atoms with Gasteiger partial charge in [-0.05, 0) is 25.7 Å². The zero-order valence-electron chi connectivity index (χ0n) is 8.70. The van der Waals surface area contributed by atoms with Crippen molar-refractivity contribution in [2.75, 3.05) is 5.32 Å². The van der Waals surface area contributed by atoms with E-state index in [9.17, 15) is 0 Å². The van der Waals surface area contributed by atoms with Crippen LogP contribution in [0.5, 0.6) is 0 Å². The molecule has 0 amide bonds. The summed E-state index contributed by atoms with van der Waals surface area (Å²) in [5.41, 5.74) is 0. The molecule has 1 aliphatic carbocycles. The minimum Gasteiger partial charge on any atom is -0.359 e. The van der Waals surface area contributed by atoms with Gasteiger partial charge in [0.15, 0.2) is 5.13 Å². The first-order valence-corrected chi connectivity index (χ1v) is 6.40. The molecule has 2 rings (SSSR count). The van der Waals surface area contributed by atoms with Crippen LogP contribution in [0.2, 0.25) is 0 Å². The molecule has 1 aliphatic rings. The van der Waals surface area contributed by atoms with Gasteiger partial charge >= 0.3 is 0 Å². The van der Waals surface area contributed by atoms with Gasteiger partial charge in [0.2, 0.25) is 0 Å². The van der Waals surface area contributed by atoms with Gasteiger partial charge in [-0.2, -0.15) is 0 Å². The summed E-state index contributed by atoms with van der Waals surface area (Å²) in [6, 6.07) is 0.585. The summed E-state index contributed by atoms with van der Waals surface area (Å²) >= 11 is 1.69. The number of rotatable bonds is 3. The maximum atomic E-state index is 4.26. The van der Waals surface area contributed by atoms with Gasteiger partial charge in [-0.15, -0.1) is 11.3 Å². The second-order valence-electron chi connectivity index (χ2n) is 4.17. The van der Waals surface area contributed by atoms with Gasteiger partial charge in [0.25, 0.3) is 0 Å². The fraction of sp³-hybridized carbons (Fsp3) is 0.727. The van der Waals surface area contributed by atoms with Crippen molar-refractivity contribution in [2.24, 2.45) is 5.92 Å². The molecule has 1 unspecified atom stereocenters. The molecule has 0 saturated heterocycles. The van der Waals surface area contributed by atoms with Crippen molar-refractivity contribution in [3.63, 3.8) is 0 Å². The summed E-state index contributed by atoms with van der Waals surface area (Å²) in [4.78, 5) is 4.26. The fourth-order valence-corrected chi connectivity index (χ4v) is 2.87. The molecule has 1 fully saturated rings. The number of anilines is 1. The monoisotopic (exact) mass is 210 g/mol. The predicted molar refractivity (Wildman–Crippen MR) is 61.8 cm³/mol. The normalized spacial score (nSPS) is 20.6. The van der Waals surface area contributed by atoms with Crippen molar-refractivity contribution in [1.29, 1.82) is 0 Å². The molecule has 0 spiro atoms. The Morgan fingerprint density at radius 3 is 2.86 bits per heavy atom. The van der Waals surface area contributed by atoms with Crippen LogP contribution in [0, 0.1) is 5.92 Å². The van der Waals surface area contributed by atoms with E-state index in [1.54, 1.807) is 11.3 Å². The number of aromatic nitrogens is 1. The van der Waals surface area contributed by atoms with Crippen molar-refractivity contribution >= 4 is 16.5 Å². The molecule has 3 heteroatoms. The molecule has 14 heavy (non-hydrogen) atoms. The number of thiazole rings is 1. The molecule has 0 radical (unpaired) electrons. The summed E-state index contributed by atoms with van der Waals surface area (Å²) in [5.74, 6) is 0.854. The molecule has 1 atom stereocenters. The Kier molecular flexibility index (Phi) is 3.40. The van der Waals surface area contributed by atoms with Gasteiger partial charge in [0.05, 0.1) is 0 Å². The van der Waals surface area contributed by atoms with Crippen LogP contribution in [0.3, 0.4) is 0 Å². The molecule has 2 nitrogen and oxygen atoms in total. The van der Waals surface area contributed by atoms with Crippen LogP contribution >= 0.6 is 11.3 Å². The molecule has 0 aliphatic heterocycles. The maximum absolute atomic E-state index is 4.26. The zero-order chi connectivity index (χ0) is 9.80. The second kappa shape index (κ2) is 4.78. The maximum Gasteiger partial charge on any atom is 0.182 e. The van der Waals surface area contributed by atoms with Crippen LogP contribution in [0.15, 0.2) is 11.6 Å². The van der Waals surface area contributed by atoms with Gasteiger partial charge in [0.1, 0.15) is 0 Å². The average Bonchev–Trinajstić information content (AvgIpc) is 2.72. The van der Waals surface area contributed by atoms with Crippen molar-refractivity contribution in [2.45, 2.75) is 45.1 Å². The van der Waals surface area contributed by atoms with E-state index >= 15 is 0 Å². The van der Waals surface area contributed by atoms with Crippen LogP contribution < -0.4 is 5.32 Å². The minimum atomic E-state index is 0.585. The summed E-state index contributed by atoms with van der Waals surface area (Å²) in [6.07, 6.45) is 8.89. The molecule has 1 aromatic rings. The first-order chi connectivity index (χ1) is 6.86. The topological polar surface area (TPSA) is 24.9 Å². The Labute approximate surface area is 89.8 Å². The molecule has 78 valence electrons. The van der Waals surface area contributed by atoms with Crippen molar-refractivity contribution < 1.29 is 0 Å². The first kappa shape index (κ1) is 9.97. The lowest BCUT2D eigenvalue weighted by molar-refractivity contribution is 0.328. The summed E-state index contributed by atoms with van der Waals surface area (Å²) in [7, 11) is 0. The highest BCUT2D eigenvalue weighted by Crippen LogP contribution is 2.28. The third-order valence-electron chi connectivity index (χ3n) is 3.14. The van der Waals surface area contributed by atoms with Crippen molar-refractivity contribution in [3.8, 4) is 0 Å². The minimum absolute atomic E-state index is 0.585. The summed E-state index contributed by atoms with van der Waals surface area (Å²) in [6.45, 7) is 2.29. The van der Waals surface area contributed by atoms with Gasteiger partial charge in [-0.25, -0.2) is 4.98 Å². The van der Waals surface area contributed by atoms with Crippen LogP contribution in [0.1, 0.15) is 39.0 Å². The Morgan fingerprint density at radius 2 is 2.21 bits per heavy atom. The second-order valence-corrected chi connectivity index (χ2v) is 5.06. The lowest BCUT2D eigenvalue weighted by Crippen LogP contribution is -2.27. The average molecular weight is 210 g/mol. The van der Waals surface area contributed by atoms with Crippen LogP contribution in [0.25, 0.3) is 0 Å². The van der Waals surface area contributed by atoms with E-state index in [1.807, 2.05) is 11.6 Å². The first-order valence-electron chi connectivity index (χ1n) is 5.52. The van der Waals surface area contributed by atoms with E-state index in [1.165, 1.54) is 32.1 Å². The van der Waals surface area contributed by atoms with E-state index in [-0.39, 0.29) is 0 Å². The van der Waals surface area contributed by atoms with Gasteiger partial charge < -0.3 is 5.32 Å². The Bertz CT molecular complexity index is 252. The van der Waals surface area contributed by atoms with Crippen molar-refractivity contribution in [1.82, 2.24) is 4.98 Å². The molecule has 0 bridgehead atoms. The highest BCUT2D eigenvalue weighted by atomic mass is 32.1. The predicted octanol–water partition coefficient (Wildman–Crippen LogP) is 3.52. The fourth-order valence-electron chi connectivity index (χ4n) is 2.24. The Morgan fingerprint density at radius 1 is 1.43 bits per heavy atom. The third-order valence-corrected chi connectivity index (χ3v) is 3.84. The van der Waals surface area contributed by atoms with E-state index in [0.29, 0.717) is 6.04 Å². The Balaban J connectivity index is 1.85. The van der Waals surface area contributed by atoms with E-state index < -0.39 is 0 Å². The lowest BCUT2D eigenvalue weighted by Gasteiger charge is -2.28. The van der Waals surface area contributed by atoms with Crippen molar-refractivity contribution in [3.05, 3.63) is 11.6 Å². The van der Waals surface area contributed by atoms with E-state index in [2.05, 4.69) is 17.2 Å². The smallest absolute Gasteiger partial charge is 0.182 e. The quantitative estimate of drug-likeness (QED) is 0.825. The molecule has 1 heterocycles. The molecule has 1 aromatic heterocycles. The number of nitrogens with one attached hydrogen (secondary N) is 1. The van der Waals surface area contributed by atoms with Gasteiger partial charge in [-0.3, -0.25) is 0 Å². The van der Waals surface area contributed by atoms with E-state index in [0.717, 1.165) is 11.0 Å². The molecule has 1 N–H and O–H groups in total. The highest BCUT2D eigenvalue weighted by molar-refractivity contribution is 7.13. The molecular formula is C11H18N2S. The number of hydrogen-bond donors (Lipinski definition) is 1. The van der Waals surface area contributed by atoms with Gasteiger partial charge in [-0.1, -0.05) is 19.3 Å². The number of hydrogen-bond acceptors (Lipinski definition) is 3. The van der Waals surface area contributed by atoms with Gasteiger partial charge in [0, 0.05) is 17.6 Å². The highest BCUT2D eigenvalue weighted by Gasteiger charge is 2.20. The van der Waals surface area contributed by atoms with Crippen LogP contribution in [-0.2, 0) is 0 Å². The third kappa shape index (κ3) is 2.47. The molecule has 1 saturated carbocycles. The molecule has 0 aromatic carbocycles. The lowest BCUT2D eigenvalue weighted by atomic mass is 9.85. The number of nitrogens with zero attached hydrogens (tertiary/aromatic N) is 1. The Hall–Kier alpha value is -0.570. The largest absolute Gasteiger partial charge is 0.359 e. The standard InChI is InChI=1S/C11H18N2S/c1-9(10-5-3-2-4-6-10)13-11-12-7-8-14-11/h7-10H,2-6H2,1H3,(H,12,13). The molecular weight excluding hydrogens is 192 g/mol. The summed E-state index contributed by atoms with van der Waals surface area (Å²) in [5, 5.41) is 6.60. The van der Waals surface area contributed by atoms with Crippen LogP contribution in [-0.4, -0.2) is 11.0 Å². The summed E-state index contributed by atoms with van der Waals surface area (Å²) < 4.78 is 0. The van der Waals surface area contributed by atoms with Crippen LogP contribution in [0.4, 0.5) is 5.13 Å². The van der Waals surface area contributed by atoms with E-state index in [4.69, 9.17) is 0 Å².